The number of carbonyl (C=O) groups excluding carboxylic acids is 1. The lowest BCUT2D eigenvalue weighted by atomic mass is 10.1. The molecule has 0 aliphatic heterocycles. The fraction of sp³-hybridized carbons (Fsp3) is 0.250. The molecular weight excluding hydrogens is 460 g/mol. The van der Waals surface area contributed by atoms with Gasteiger partial charge >= 0.3 is 12.1 Å². The van der Waals surface area contributed by atoms with Gasteiger partial charge in [0, 0.05) is 17.0 Å². The predicted octanol–water partition coefficient (Wildman–Crippen LogP) is 6.04. The van der Waals surface area contributed by atoms with Gasteiger partial charge in [-0.05, 0) is 46.6 Å². The Morgan fingerprint density at radius 2 is 1.97 bits per heavy atom. The van der Waals surface area contributed by atoms with Gasteiger partial charge in [0.2, 0.25) is 0 Å². The maximum Gasteiger partial charge on any atom is 0.420 e. The van der Waals surface area contributed by atoms with Gasteiger partial charge in [-0.2, -0.15) is 13.2 Å². The zero-order valence-corrected chi connectivity index (χ0v) is 16.7. The fourth-order valence-electron chi connectivity index (χ4n) is 2.79. The SMILES string of the molecule is CCOC(=O)Cc1ccc(F)cc1OCc1cc(Br)c2occ(C(F)(F)F)c2c1. The van der Waals surface area contributed by atoms with E-state index in [1.165, 1.54) is 18.2 Å². The van der Waals surface area contributed by atoms with Gasteiger partial charge in [0.05, 0.1) is 17.5 Å². The van der Waals surface area contributed by atoms with Crippen LogP contribution in [-0.2, 0) is 28.7 Å². The van der Waals surface area contributed by atoms with E-state index in [-0.39, 0.29) is 36.4 Å². The minimum Gasteiger partial charge on any atom is -0.488 e. The van der Waals surface area contributed by atoms with Crippen LogP contribution in [0.1, 0.15) is 23.6 Å². The number of benzene rings is 2. The van der Waals surface area contributed by atoms with Crippen molar-refractivity contribution >= 4 is 32.9 Å². The summed E-state index contributed by atoms with van der Waals surface area (Å²) in [6.45, 7) is 1.73. The molecule has 29 heavy (non-hydrogen) atoms. The standard InChI is InChI=1S/C20H15BrF4O4/c1-2-27-18(26)7-12-3-4-13(22)8-17(12)28-9-11-5-14-15(20(23,24)25)10-29-19(14)16(21)6-11/h3-6,8,10H,2,7,9H2,1H3. The molecule has 0 amide bonds. The molecule has 0 atom stereocenters. The second-order valence-electron chi connectivity index (χ2n) is 6.12. The van der Waals surface area contributed by atoms with E-state index in [1.807, 2.05) is 0 Å². The maximum atomic E-state index is 13.6. The molecule has 0 fully saturated rings. The molecule has 0 unspecified atom stereocenters. The van der Waals surface area contributed by atoms with E-state index in [2.05, 4.69) is 15.9 Å². The summed E-state index contributed by atoms with van der Waals surface area (Å²) in [5.74, 6) is -0.961. The van der Waals surface area contributed by atoms with Crippen molar-refractivity contribution in [1.82, 2.24) is 0 Å². The molecule has 0 spiro atoms. The lowest BCUT2D eigenvalue weighted by Crippen LogP contribution is -2.09. The summed E-state index contributed by atoms with van der Waals surface area (Å²) < 4.78 is 68.9. The molecule has 3 rings (SSSR count). The number of hydrogen-bond donors (Lipinski definition) is 0. The summed E-state index contributed by atoms with van der Waals surface area (Å²) in [6.07, 6.45) is -4.03. The molecule has 4 nitrogen and oxygen atoms in total. The third kappa shape index (κ3) is 4.90. The van der Waals surface area contributed by atoms with Crippen molar-refractivity contribution in [2.24, 2.45) is 0 Å². The molecule has 0 aliphatic carbocycles. The molecule has 0 saturated carbocycles. The third-order valence-corrected chi connectivity index (χ3v) is 4.65. The van der Waals surface area contributed by atoms with Crippen molar-refractivity contribution in [2.45, 2.75) is 26.1 Å². The van der Waals surface area contributed by atoms with Gasteiger partial charge in [-0.25, -0.2) is 4.39 Å². The summed E-state index contributed by atoms with van der Waals surface area (Å²) in [5, 5.41) is -0.114. The average Bonchev–Trinajstić information content (AvgIpc) is 3.07. The van der Waals surface area contributed by atoms with Gasteiger partial charge in [-0.15, -0.1) is 0 Å². The topological polar surface area (TPSA) is 48.7 Å². The molecule has 1 heterocycles. The lowest BCUT2D eigenvalue weighted by molar-refractivity contribution is -0.142. The summed E-state index contributed by atoms with van der Waals surface area (Å²) in [5.41, 5.74) is -0.0226. The average molecular weight is 475 g/mol. The van der Waals surface area contributed by atoms with Crippen LogP contribution in [0.5, 0.6) is 5.75 Å². The number of esters is 1. The Bertz CT molecular complexity index is 1040. The Morgan fingerprint density at radius 1 is 1.21 bits per heavy atom. The molecule has 9 heteroatoms. The highest BCUT2D eigenvalue weighted by Crippen LogP contribution is 2.39. The monoisotopic (exact) mass is 474 g/mol. The van der Waals surface area contributed by atoms with Crippen molar-refractivity contribution in [3.8, 4) is 5.75 Å². The van der Waals surface area contributed by atoms with Crippen molar-refractivity contribution in [3.63, 3.8) is 0 Å². The van der Waals surface area contributed by atoms with E-state index in [0.29, 0.717) is 21.9 Å². The van der Waals surface area contributed by atoms with Gasteiger partial charge in [0.25, 0.3) is 0 Å². The first-order valence-corrected chi connectivity index (χ1v) is 9.32. The summed E-state index contributed by atoms with van der Waals surface area (Å²) >= 11 is 3.19. The van der Waals surface area contributed by atoms with E-state index in [0.717, 1.165) is 6.07 Å². The van der Waals surface area contributed by atoms with Gasteiger partial charge in [-0.3, -0.25) is 4.79 Å². The second-order valence-corrected chi connectivity index (χ2v) is 6.98. The van der Waals surface area contributed by atoms with Crippen LogP contribution in [0.15, 0.2) is 45.5 Å². The van der Waals surface area contributed by atoms with Crippen molar-refractivity contribution in [2.75, 3.05) is 6.61 Å². The number of carbonyl (C=O) groups is 1. The van der Waals surface area contributed by atoms with E-state index >= 15 is 0 Å². The van der Waals surface area contributed by atoms with Crippen LogP contribution in [-0.4, -0.2) is 12.6 Å². The van der Waals surface area contributed by atoms with Crippen LogP contribution < -0.4 is 4.74 Å². The first-order valence-electron chi connectivity index (χ1n) is 8.52. The Kier molecular flexibility index (Phi) is 6.16. The fourth-order valence-corrected chi connectivity index (χ4v) is 3.39. The van der Waals surface area contributed by atoms with Crippen LogP contribution in [0.25, 0.3) is 11.0 Å². The van der Waals surface area contributed by atoms with Gasteiger partial charge < -0.3 is 13.9 Å². The molecule has 0 radical (unpaired) electrons. The number of rotatable bonds is 6. The number of halogens is 5. The van der Waals surface area contributed by atoms with Crippen LogP contribution >= 0.6 is 15.9 Å². The molecule has 154 valence electrons. The maximum absolute atomic E-state index is 13.6. The van der Waals surface area contributed by atoms with E-state index in [4.69, 9.17) is 13.9 Å². The summed E-state index contributed by atoms with van der Waals surface area (Å²) in [4.78, 5) is 11.7. The van der Waals surface area contributed by atoms with E-state index in [9.17, 15) is 22.4 Å². The first-order chi connectivity index (χ1) is 13.7. The van der Waals surface area contributed by atoms with Crippen molar-refractivity contribution in [3.05, 3.63) is 63.6 Å². The molecule has 0 bridgehead atoms. The molecule has 0 N–H and O–H groups in total. The van der Waals surface area contributed by atoms with Crippen molar-refractivity contribution in [1.29, 1.82) is 0 Å². The molecule has 1 aromatic heterocycles. The van der Waals surface area contributed by atoms with Gasteiger partial charge in [-0.1, -0.05) is 6.07 Å². The molecule has 3 aromatic rings. The quantitative estimate of drug-likeness (QED) is 0.323. The summed E-state index contributed by atoms with van der Waals surface area (Å²) in [7, 11) is 0. The molecule has 0 saturated heterocycles. The van der Waals surface area contributed by atoms with Crippen LogP contribution in [0, 0.1) is 5.82 Å². The Morgan fingerprint density at radius 3 is 2.66 bits per heavy atom. The first kappa shape index (κ1) is 21.2. The number of hydrogen-bond acceptors (Lipinski definition) is 4. The molecular formula is C20H15BrF4O4. The Hall–Kier alpha value is -2.55. The number of ether oxygens (including phenoxy) is 2. The number of furan rings is 1. The van der Waals surface area contributed by atoms with Gasteiger partial charge in [0.15, 0.2) is 0 Å². The van der Waals surface area contributed by atoms with Crippen LogP contribution in [0.2, 0.25) is 0 Å². The Labute approximate surface area is 171 Å². The third-order valence-electron chi connectivity index (χ3n) is 4.06. The zero-order valence-electron chi connectivity index (χ0n) is 15.1. The highest BCUT2D eigenvalue weighted by molar-refractivity contribution is 9.10. The lowest BCUT2D eigenvalue weighted by Gasteiger charge is -2.12. The molecule has 2 aromatic carbocycles. The highest BCUT2D eigenvalue weighted by Gasteiger charge is 2.35. The largest absolute Gasteiger partial charge is 0.488 e. The zero-order chi connectivity index (χ0) is 21.2. The number of fused-ring (bicyclic) bond motifs is 1. The predicted molar refractivity (Wildman–Crippen MR) is 100.0 cm³/mol. The van der Waals surface area contributed by atoms with Crippen molar-refractivity contribution < 1.29 is 36.2 Å². The van der Waals surface area contributed by atoms with E-state index < -0.39 is 23.5 Å². The minimum atomic E-state index is -4.57. The number of alkyl halides is 3. The summed E-state index contributed by atoms with van der Waals surface area (Å²) in [6, 6.07) is 6.55. The second kappa shape index (κ2) is 8.44. The van der Waals surface area contributed by atoms with E-state index in [1.54, 1.807) is 13.0 Å². The molecule has 0 aliphatic rings. The smallest absolute Gasteiger partial charge is 0.420 e. The normalized spacial score (nSPS) is 11.7. The van der Waals surface area contributed by atoms with Crippen LogP contribution in [0.4, 0.5) is 17.6 Å². The highest BCUT2D eigenvalue weighted by atomic mass is 79.9. The minimum absolute atomic E-state index is 0.0647. The van der Waals surface area contributed by atoms with Crippen LogP contribution in [0.3, 0.4) is 0 Å². The van der Waals surface area contributed by atoms with Gasteiger partial charge in [0.1, 0.15) is 35.6 Å². The Balaban J connectivity index is 1.87.